The second-order valence-electron chi connectivity index (χ2n) is 16.7. The van der Waals surface area contributed by atoms with Gasteiger partial charge in [0, 0.05) is 81.2 Å². The van der Waals surface area contributed by atoms with Gasteiger partial charge in [-0.3, -0.25) is 14.7 Å². The van der Waals surface area contributed by atoms with E-state index in [1.807, 2.05) is 56.3 Å². The first kappa shape index (κ1) is 51.3. The molecule has 348 valence electrons. The SMILES string of the molecule is Cc1cc(CNCC(O)C(O)C(O)C(O)CO)c(O)c(CN2CCCN(Cc3ccccc3)CCCN(Cc3cc(C)cc(CNCC(O)C(O)C(O)C(O)CO)c3O)CC2)c1. The molecule has 4 rings (SSSR count). The summed E-state index contributed by atoms with van der Waals surface area (Å²) >= 11 is 0. The monoisotopic (exact) mass is 874 g/mol. The van der Waals surface area contributed by atoms with E-state index in [0.29, 0.717) is 37.3 Å². The Labute approximate surface area is 364 Å². The Morgan fingerprint density at radius 2 is 0.839 bits per heavy atom. The van der Waals surface area contributed by atoms with Crippen LogP contribution in [-0.2, 0) is 32.7 Å². The molecule has 8 unspecified atom stereocenters. The van der Waals surface area contributed by atoms with Crippen LogP contribution in [0.5, 0.6) is 11.5 Å². The Balaban J connectivity index is 1.49. The number of phenolic OH excluding ortho intramolecular Hbond substituents is 2. The minimum Gasteiger partial charge on any atom is -0.507 e. The molecule has 0 bridgehead atoms. The highest BCUT2D eigenvalue weighted by molar-refractivity contribution is 5.44. The molecule has 62 heavy (non-hydrogen) atoms. The number of nitrogens with one attached hydrogen (secondary N) is 2. The lowest BCUT2D eigenvalue weighted by Crippen LogP contribution is -2.48. The molecule has 0 amide bonds. The van der Waals surface area contributed by atoms with E-state index < -0.39 is 62.0 Å². The second-order valence-corrected chi connectivity index (χ2v) is 16.7. The van der Waals surface area contributed by atoms with Crippen molar-refractivity contribution in [2.24, 2.45) is 0 Å². The fourth-order valence-corrected chi connectivity index (χ4v) is 7.91. The van der Waals surface area contributed by atoms with E-state index in [9.17, 15) is 51.1 Å². The molecular weight excluding hydrogens is 803 g/mol. The van der Waals surface area contributed by atoms with Crippen LogP contribution in [0.15, 0.2) is 54.6 Å². The van der Waals surface area contributed by atoms with Gasteiger partial charge in [0.1, 0.15) is 48.1 Å². The molecule has 1 heterocycles. The molecule has 3 aromatic rings. The van der Waals surface area contributed by atoms with Crippen molar-refractivity contribution in [1.82, 2.24) is 25.3 Å². The van der Waals surface area contributed by atoms with Crippen molar-refractivity contribution in [2.45, 2.75) is 108 Å². The number of nitrogens with zero attached hydrogens (tertiary/aromatic N) is 3. The van der Waals surface area contributed by atoms with Crippen molar-refractivity contribution < 1.29 is 61.3 Å². The van der Waals surface area contributed by atoms with Gasteiger partial charge < -0.3 is 71.9 Å². The average molecular weight is 874 g/mol. The predicted molar refractivity (Wildman–Crippen MR) is 233 cm³/mol. The van der Waals surface area contributed by atoms with E-state index in [1.54, 1.807) is 0 Å². The smallest absolute Gasteiger partial charge is 0.124 e. The van der Waals surface area contributed by atoms with Gasteiger partial charge in [-0.1, -0.05) is 65.7 Å². The Bertz CT molecular complexity index is 1660. The third-order valence-corrected chi connectivity index (χ3v) is 11.5. The number of hydrogen-bond acceptors (Lipinski definition) is 17. The zero-order chi connectivity index (χ0) is 45.3. The molecular formula is C45H71N5O12. The van der Waals surface area contributed by atoms with E-state index >= 15 is 0 Å². The van der Waals surface area contributed by atoms with Gasteiger partial charge in [-0.25, -0.2) is 0 Å². The van der Waals surface area contributed by atoms with Gasteiger partial charge in [-0.2, -0.15) is 0 Å². The highest BCUT2D eigenvalue weighted by atomic mass is 16.4. The maximum Gasteiger partial charge on any atom is 0.124 e. The summed E-state index contributed by atoms with van der Waals surface area (Å²) in [6.07, 6.45) is -11.2. The third kappa shape index (κ3) is 15.7. The molecule has 17 heteroatoms. The van der Waals surface area contributed by atoms with Gasteiger partial charge >= 0.3 is 0 Å². The number of aryl methyl sites for hydroxylation is 2. The van der Waals surface area contributed by atoms with E-state index in [4.69, 9.17) is 10.2 Å². The Morgan fingerprint density at radius 3 is 1.23 bits per heavy atom. The Hall–Kier alpha value is -3.34. The van der Waals surface area contributed by atoms with Crippen LogP contribution in [0, 0.1) is 13.8 Å². The zero-order valence-corrected chi connectivity index (χ0v) is 36.0. The van der Waals surface area contributed by atoms with Crippen LogP contribution < -0.4 is 10.6 Å². The fourth-order valence-electron chi connectivity index (χ4n) is 7.91. The molecule has 0 spiro atoms. The van der Waals surface area contributed by atoms with Crippen LogP contribution in [-0.4, -0.2) is 190 Å². The van der Waals surface area contributed by atoms with Crippen molar-refractivity contribution in [3.63, 3.8) is 0 Å². The summed E-state index contributed by atoms with van der Waals surface area (Å²) in [5, 5.41) is 128. The predicted octanol–water partition coefficient (Wildman–Crippen LogP) is -1.63. The van der Waals surface area contributed by atoms with E-state index in [-0.39, 0.29) is 37.7 Å². The second kappa shape index (κ2) is 25.8. The Morgan fingerprint density at radius 1 is 0.484 bits per heavy atom. The minimum absolute atomic E-state index is 0.109. The molecule has 0 aromatic heterocycles. The summed E-state index contributed by atoms with van der Waals surface area (Å²) in [5.74, 6) is 0.218. The van der Waals surface area contributed by atoms with Crippen LogP contribution in [0.3, 0.4) is 0 Å². The van der Waals surface area contributed by atoms with Crippen LogP contribution in [0.25, 0.3) is 0 Å². The molecule has 0 radical (unpaired) electrons. The molecule has 1 saturated heterocycles. The molecule has 14 N–H and O–H groups in total. The van der Waals surface area contributed by atoms with Gasteiger partial charge in [0.15, 0.2) is 0 Å². The molecule has 0 aliphatic carbocycles. The minimum atomic E-state index is -1.73. The van der Waals surface area contributed by atoms with E-state index in [2.05, 4.69) is 37.5 Å². The van der Waals surface area contributed by atoms with E-state index in [0.717, 1.165) is 67.8 Å². The highest BCUT2D eigenvalue weighted by Crippen LogP contribution is 2.28. The number of hydrogen-bond donors (Lipinski definition) is 14. The van der Waals surface area contributed by atoms with Gasteiger partial charge in [-0.15, -0.1) is 0 Å². The van der Waals surface area contributed by atoms with Crippen molar-refractivity contribution in [2.75, 3.05) is 65.6 Å². The average Bonchev–Trinajstić information content (AvgIpc) is 3.30. The lowest BCUT2D eigenvalue weighted by atomic mass is 10.0. The first-order valence-corrected chi connectivity index (χ1v) is 21.5. The van der Waals surface area contributed by atoms with Gasteiger partial charge in [0.05, 0.1) is 25.4 Å². The number of aliphatic hydroxyl groups excluding tert-OH is 10. The van der Waals surface area contributed by atoms with Crippen molar-refractivity contribution in [3.8, 4) is 11.5 Å². The van der Waals surface area contributed by atoms with Crippen molar-refractivity contribution in [1.29, 1.82) is 0 Å². The molecule has 8 atom stereocenters. The standard InChI is InChI=1S/C45H71N5O12/c1-29-16-32(20-46-22-36(53)42(59)44(61)38(55)27-51)40(57)34(18-29)25-49-12-6-10-48(24-31-8-4-3-5-9-31)11-7-13-50(15-14-49)26-35-19-30(2)17-33(41(35)58)21-47-23-37(54)43(60)45(62)39(56)28-52/h3-5,8-9,16-19,36-39,42-47,51-62H,6-7,10-15,20-28H2,1-2H3. The molecule has 0 saturated carbocycles. The van der Waals surface area contributed by atoms with Crippen molar-refractivity contribution >= 4 is 0 Å². The summed E-state index contributed by atoms with van der Waals surface area (Å²) < 4.78 is 0. The molecule has 17 nitrogen and oxygen atoms in total. The number of aromatic hydroxyl groups is 2. The molecule has 1 aliphatic heterocycles. The van der Waals surface area contributed by atoms with Crippen LogP contribution in [0.2, 0.25) is 0 Å². The maximum absolute atomic E-state index is 11.5. The number of rotatable bonds is 22. The topological polar surface area (TPSA) is 277 Å². The van der Waals surface area contributed by atoms with Gasteiger partial charge in [0.2, 0.25) is 0 Å². The third-order valence-electron chi connectivity index (χ3n) is 11.5. The van der Waals surface area contributed by atoms with Crippen LogP contribution in [0.4, 0.5) is 0 Å². The lowest BCUT2D eigenvalue weighted by Gasteiger charge is -2.28. The number of aliphatic hydroxyl groups is 10. The van der Waals surface area contributed by atoms with Crippen LogP contribution >= 0.6 is 0 Å². The number of phenols is 2. The van der Waals surface area contributed by atoms with Gasteiger partial charge in [-0.05, 0) is 58.4 Å². The Kier molecular flexibility index (Phi) is 21.4. The first-order chi connectivity index (χ1) is 29.6. The summed E-state index contributed by atoms with van der Waals surface area (Å²) in [6, 6.07) is 17.9. The first-order valence-electron chi connectivity index (χ1n) is 21.5. The quantitative estimate of drug-likeness (QED) is 0.0540. The summed E-state index contributed by atoms with van der Waals surface area (Å²) in [6.45, 7) is 8.68. The highest BCUT2D eigenvalue weighted by Gasteiger charge is 2.31. The normalized spacial score (nSPS) is 19.2. The largest absolute Gasteiger partial charge is 0.507 e. The number of benzene rings is 3. The molecule has 1 aliphatic rings. The van der Waals surface area contributed by atoms with E-state index in [1.165, 1.54) is 5.56 Å². The molecule has 1 fully saturated rings. The zero-order valence-electron chi connectivity index (χ0n) is 36.0. The fraction of sp³-hybridized carbons (Fsp3) is 0.600. The lowest BCUT2D eigenvalue weighted by molar-refractivity contribution is -0.114. The molecule has 3 aromatic carbocycles. The summed E-state index contributed by atoms with van der Waals surface area (Å²) in [4.78, 5) is 7.10. The van der Waals surface area contributed by atoms with Crippen LogP contribution in [0.1, 0.15) is 51.8 Å². The maximum atomic E-state index is 11.5. The summed E-state index contributed by atoms with van der Waals surface area (Å²) in [7, 11) is 0. The van der Waals surface area contributed by atoms with Gasteiger partial charge in [0.25, 0.3) is 0 Å². The van der Waals surface area contributed by atoms with Crippen molar-refractivity contribution in [3.05, 3.63) is 93.5 Å². The summed E-state index contributed by atoms with van der Waals surface area (Å²) in [5.41, 5.74) is 5.73.